The molecule has 4 atom stereocenters. The van der Waals surface area contributed by atoms with Crippen LogP contribution >= 0.6 is 0 Å². The van der Waals surface area contributed by atoms with Crippen LogP contribution in [0.15, 0.2) is 4.99 Å². The number of amides is 1. The summed E-state index contributed by atoms with van der Waals surface area (Å²) in [5, 5.41) is 2.62. The van der Waals surface area contributed by atoms with Gasteiger partial charge in [-0.05, 0) is 20.8 Å². The van der Waals surface area contributed by atoms with Crippen molar-refractivity contribution in [2.75, 3.05) is 14.2 Å². The molecule has 0 aliphatic carbocycles. The molecule has 0 aromatic carbocycles. The largest absolute Gasteiger partial charge is 0.469 e. The summed E-state index contributed by atoms with van der Waals surface area (Å²) in [7, 11) is 2.67. The third-order valence-corrected chi connectivity index (χ3v) is 3.31. The molecule has 0 unspecified atom stereocenters. The molecule has 0 spiro atoms. The fourth-order valence-corrected chi connectivity index (χ4v) is 1.86. The van der Waals surface area contributed by atoms with Crippen LogP contribution in [0.1, 0.15) is 34.6 Å². The van der Waals surface area contributed by atoms with E-state index >= 15 is 0 Å². The third-order valence-electron chi connectivity index (χ3n) is 3.31. The lowest BCUT2D eigenvalue weighted by atomic mass is 10.0. The molecule has 0 aromatic rings. The molecule has 1 aliphatic heterocycles. The lowest BCUT2D eigenvalue weighted by Gasteiger charge is -2.17. The smallest absolute Gasteiger partial charge is 0.349 e. The van der Waals surface area contributed by atoms with Crippen LogP contribution in [0.25, 0.3) is 0 Å². The van der Waals surface area contributed by atoms with Gasteiger partial charge in [-0.2, -0.15) is 0 Å². The van der Waals surface area contributed by atoms with E-state index in [1.54, 1.807) is 20.8 Å². The summed E-state index contributed by atoms with van der Waals surface area (Å²) >= 11 is 0. The van der Waals surface area contributed by atoms with Crippen LogP contribution in [0.3, 0.4) is 0 Å². The fourth-order valence-electron chi connectivity index (χ4n) is 1.86. The van der Waals surface area contributed by atoms with E-state index in [0.717, 1.165) is 0 Å². The second-order valence-corrected chi connectivity index (χ2v) is 5.25. The number of nitrogens with one attached hydrogen (secondary N) is 1. The number of carbonyl (C=O) groups is 3. The van der Waals surface area contributed by atoms with Crippen molar-refractivity contribution < 1.29 is 28.6 Å². The summed E-state index contributed by atoms with van der Waals surface area (Å²) in [5.74, 6) is -0.570. The number of methoxy groups -OCH3 is 2. The van der Waals surface area contributed by atoms with Crippen molar-refractivity contribution in [3.05, 3.63) is 0 Å². The van der Waals surface area contributed by atoms with Gasteiger partial charge in [-0.3, -0.25) is 9.59 Å². The number of rotatable bonds is 4. The Balaban J connectivity index is 0.000000422. The Hall–Kier alpha value is -2.12. The summed E-state index contributed by atoms with van der Waals surface area (Å²) in [6.07, 6.45) is -0.542. The van der Waals surface area contributed by atoms with Crippen molar-refractivity contribution in [2.45, 2.75) is 52.8 Å². The molecule has 0 saturated carbocycles. The van der Waals surface area contributed by atoms with Crippen molar-refractivity contribution in [2.24, 2.45) is 10.9 Å². The molecular weight excluding hydrogens is 304 g/mol. The Morgan fingerprint density at radius 1 is 1.22 bits per heavy atom. The highest BCUT2D eigenvalue weighted by Crippen LogP contribution is 2.13. The minimum atomic E-state index is -0.542. The molecule has 8 nitrogen and oxygen atoms in total. The first-order valence-corrected chi connectivity index (χ1v) is 7.27. The molecule has 0 aromatic heterocycles. The van der Waals surface area contributed by atoms with Gasteiger partial charge in [-0.25, -0.2) is 9.79 Å². The molecule has 132 valence electrons. The van der Waals surface area contributed by atoms with E-state index in [-0.39, 0.29) is 35.8 Å². The normalized spacial score (nSPS) is 21.6. The molecule has 0 radical (unpaired) electrons. The quantitative estimate of drug-likeness (QED) is 0.761. The Kier molecular flexibility index (Phi) is 8.90. The van der Waals surface area contributed by atoms with Crippen LogP contribution in [-0.2, 0) is 28.6 Å². The van der Waals surface area contributed by atoms with E-state index in [2.05, 4.69) is 19.8 Å². The highest BCUT2D eigenvalue weighted by Gasteiger charge is 2.32. The SMILES string of the molecule is COC(=O)[C@H](C)[C@H](C)NC(C)=O.COC(=O)[C@H]1OC(C)=N[C@@H]1C. The van der Waals surface area contributed by atoms with Crippen LogP contribution in [-0.4, -0.2) is 56.2 Å². The monoisotopic (exact) mass is 330 g/mol. The van der Waals surface area contributed by atoms with Gasteiger partial charge in [0.25, 0.3) is 0 Å². The number of hydrogen-bond donors (Lipinski definition) is 1. The molecular formula is C15H26N2O6. The molecule has 23 heavy (non-hydrogen) atoms. The van der Waals surface area contributed by atoms with Crippen LogP contribution in [0, 0.1) is 5.92 Å². The molecule has 1 aliphatic rings. The number of aliphatic imine (C=N–C) groups is 1. The van der Waals surface area contributed by atoms with Gasteiger partial charge < -0.3 is 19.5 Å². The Labute approximate surface area is 136 Å². The molecule has 1 heterocycles. The second-order valence-electron chi connectivity index (χ2n) is 5.25. The lowest BCUT2D eigenvalue weighted by molar-refractivity contribution is -0.149. The molecule has 1 amide bonds. The van der Waals surface area contributed by atoms with Crippen molar-refractivity contribution in [1.29, 1.82) is 0 Å². The fraction of sp³-hybridized carbons (Fsp3) is 0.733. The van der Waals surface area contributed by atoms with Gasteiger partial charge in [0, 0.05) is 19.9 Å². The summed E-state index contributed by atoms with van der Waals surface area (Å²) in [5.41, 5.74) is 0. The summed E-state index contributed by atoms with van der Waals surface area (Å²) < 4.78 is 14.1. The van der Waals surface area contributed by atoms with E-state index in [4.69, 9.17) is 4.74 Å². The molecule has 0 saturated heterocycles. The first kappa shape index (κ1) is 20.9. The number of esters is 2. The van der Waals surface area contributed by atoms with Crippen molar-refractivity contribution >= 4 is 23.7 Å². The predicted molar refractivity (Wildman–Crippen MR) is 83.9 cm³/mol. The molecule has 0 bridgehead atoms. The van der Waals surface area contributed by atoms with E-state index < -0.39 is 6.10 Å². The maximum Gasteiger partial charge on any atom is 0.349 e. The molecule has 1 N–H and O–H groups in total. The van der Waals surface area contributed by atoms with Gasteiger partial charge in [0.1, 0.15) is 0 Å². The number of ether oxygens (including phenoxy) is 3. The maximum atomic E-state index is 11.0. The lowest BCUT2D eigenvalue weighted by Crippen LogP contribution is -2.39. The Bertz CT molecular complexity index is 463. The van der Waals surface area contributed by atoms with E-state index in [9.17, 15) is 14.4 Å². The standard InChI is InChI=1S/C8H15NO3.C7H11NO3/c1-5(8(11)12-4)6(2)9-7(3)10;1-4-6(7(9)10-3)11-5(2)8-4/h5-6H,1-4H3,(H,9,10);4,6H,1-3H3/t5-,6+;4-,6+/m11/s1. The minimum absolute atomic E-state index is 0.123. The highest BCUT2D eigenvalue weighted by atomic mass is 16.6. The zero-order valence-electron chi connectivity index (χ0n) is 14.7. The third kappa shape index (κ3) is 7.12. The number of carbonyl (C=O) groups excluding carboxylic acids is 3. The van der Waals surface area contributed by atoms with E-state index in [1.807, 2.05) is 6.92 Å². The first-order chi connectivity index (χ1) is 10.6. The zero-order chi connectivity index (χ0) is 18.2. The topological polar surface area (TPSA) is 103 Å². The first-order valence-electron chi connectivity index (χ1n) is 7.27. The number of nitrogens with zero attached hydrogens (tertiary/aromatic N) is 1. The predicted octanol–water partition coefficient (Wildman–Crippen LogP) is 0.685. The van der Waals surface area contributed by atoms with Crippen LogP contribution in [0.2, 0.25) is 0 Å². The van der Waals surface area contributed by atoms with Gasteiger partial charge in [-0.1, -0.05) is 0 Å². The average Bonchev–Trinajstić information content (AvgIpc) is 2.83. The van der Waals surface area contributed by atoms with Gasteiger partial charge >= 0.3 is 11.9 Å². The average molecular weight is 330 g/mol. The van der Waals surface area contributed by atoms with Crippen molar-refractivity contribution in [1.82, 2.24) is 5.32 Å². The van der Waals surface area contributed by atoms with Crippen molar-refractivity contribution in [3.63, 3.8) is 0 Å². The molecule has 8 heteroatoms. The van der Waals surface area contributed by atoms with Crippen LogP contribution < -0.4 is 5.32 Å². The summed E-state index contributed by atoms with van der Waals surface area (Å²) in [6, 6.07) is -0.308. The van der Waals surface area contributed by atoms with E-state index in [1.165, 1.54) is 21.1 Å². The van der Waals surface area contributed by atoms with Gasteiger partial charge in [0.15, 0.2) is 5.90 Å². The zero-order valence-corrected chi connectivity index (χ0v) is 14.7. The van der Waals surface area contributed by atoms with Crippen LogP contribution in [0.5, 0.6) is 0 Å². The maximum absolute atomic E-state index is 11.0. The van der Waals surface area contributed by atoms with Gasteiger partial charge in [0.2, 0.25) is 12.0 Å². The molecule has 0 fully saturated rings. The Morgan fingerprint density at radius 3 is 2.13 bits per heavy atom. The number of hydrogen-bond acceptors (Lipinski definition) is 7. The molecule has 1 rings (SSSR count). The van der Waals surface area contributed by atoms with Gasteiger partial charge in [0.05, 0.1) is 26.2 Å². The summed E-state index contributed by atoms with van der Waals surface area (Å²) in [4.78, 5) is 36.5. The van der Waals surface area contributed by atoms with Crippen molar-refractivity contribution in [3.8, 4) is 0 Å². The summed E-state index contributed by atoms with van der Waals surface area (Å²) in [6.45, 7) is 8.44. The van der Waals surface area contributed by atoms with E-state index in [0.29, 0.717) is 5.90 Å². The van der Waals surface area contributed by atoms with Gasteiger partial charge in [-0.15, -0.1) is 0 Å². The Morgan fingerprint density at radius 2 is 1.78 bits per heavy atom. The minimum Gasteiger partial charge on any atom is -0.469 e. The van der Waals surface area contributed by atoms with Crippen LogP contribution in [0.4, 0.5) is 0 Å². The highest BCUT2D eigenvalue weighted by molar-refractivity contribution is 5.84. The second kappa shape index (κ2) is 9.81.